The lowest BCUT2D eigenvalue weighted by Gasteiger charge is -2.26. The van der Waals surface area contributed by atoms with Gasteiger partial charge in [0.1, 0.15) is 0 Å². The van der Waals surface area contributed by atoms with Crippen molar-refractivity contribution >= 4 is 28.7 Å². The van der Waals surface area contributed by atoms with Crippen LogP contribution < -0.4 is 15.4 Å². The summed E-state index contributed by atoms with van der Waals surface area (Å²) in [6.07, 6.45) is 1.12. The summed E-state index contributed by atoms with van der Waals surface area (Å²) in [5.41, 5.74) is 3.54. The molecule has 0 spiro atoms. The molecule has 0 saturated heterocycles. The van der Waals surface area contributed by atoms with Gasteiger partial charge >= 0.3 is 5.69 Å². The predicted octanol–water partition coefficient (Wildman–Crippen LogP) is 5.59. The second kappa shape index (κ2) is 8.55. The minimum absolute atomic E-state index is 0.114. The highest BCUT2D eigenvalue weighted by Gasteiger charge is 2.27. The van der Waals surface area contributed by atoms with Crippen molar-refractivity contribution in [1.29, 1.82) is 0 Å². The molecule has 0 aromatic heterocycles. The van der Waals surface area contributed by atoms with Gasteiger partial charge in [-0.1, -0.05) is 26.0 Å². The summed E-state index contributed by atoms with van der Waals surface area (Å²) < 4.78 is 5.18. The molecule has 4 rings (SSSR count). The molecule has 0 aliphatic carbocycles. The van der Waals surface area contributed by atoms with Gasteiger partial charge in [-0.2, -0.15) is 0 Å². The number of carbonyl (C=O) groups is 1. The number of hydrogen-bond acceptors (Lipinski definition) is 6. The van der Waals surface area contributed by atoms with E-state index >= 15 is 0 Å². The van der Waals surface area contributed by atoms with Crippen molar-refractivity contribution in [3.05, 3.63) is 75.8 Å². The zero-order valence-electron chi connectivity index (χ0n) is 18.6. The summed E-state index contributed by atoms with van der Waals surface area (Å²) in [7, 11) is 1.39. The van der Waals surface area contributed by atoms with E-state index in [1.54, 1.807) is 30.3 Å². The van der Waals surface area contributed by atoms with Crippen LogP contribution >= 0.6 is 0 Å². The summed E-state index contributed by atoms with van der Waals surface area (Å²) in [6, 6.07) is 15.5. The van der Waals surface area contributed by atoms with Crippen LogP contribution in [0.5, 0.6) is 5.75 Å². The Labute approximate surface area is 191 Å². The second-order valence-electron chi connectivity index (χ2n) is 7.98. The fraction of sp³-hybridized carbons (Fsp3) is 0.240. The first-order chi connectivity index (χ1) is 15.8. The molecule has 0 bridgehead atoms. The van der Waals surface area contributed by atoms with Crippen molar-refractivity contribution < 1.29 is 19.6 Å². The molecule has 3 aromatic rings. The molecule has 1 amide bonds. The molecular formula is C25H25N3O5. The van der Waals surface area contributed by atoms with Crippen LogP contribution in [0, 0.1) is 10.1 Å². The van der Waals surface area contributed by atoms with E-state index in [1.807, 2.05) is 32.0 Å². The number of methoxy groups -OCH3 is 1. The summed E-state index contributed by atoms with van der Waals surface area (Å²) in [6.45, 7) is 3.85. The quantitative estimate of drug-likeness (QED) is 0.335. The van der Waals surface area contributed by atoms with Crippen LogP contribution in [0.2, 0.25) is 0 Å². The average Bonchev–Trinajstić information content (AvgIpc) is 2.97. The predicted molar refractivity (Wildman–Crippen MR) is 127 cm³/mol. The number of ether oxygens (including phenoxy) is 1. The molecule has 1 aliphatic heterocycles. The Morgan fingerprint density at radius 3 is 2.30 bits per heavy atom. The number of rotatable bonds is 6. The van der Waals surface area contributed by atoms with Gasteiger partial charge in [0, 0.05) is 6.07 Å². The third kappa shape index (κ3) is 4.01. The first-order valence-electron chi connectivity index (χ1n) is 10.7. The summed E-state index contributed by atoms with van der Waals surface area (Å²) in [4.78, 5) is 23.6. The van der Waals surface area contributed by atoms with E-state index < -0.39 is 10.5 Å². The van der Waals surface area contributed by atoms with E-state index in [0.29, 0.717) is 35.5 Å². The van der Waals surface area contributed by atoms with E-state index in [0.717, 1.165) is 16.7 Å². The van der Waals surface area contributed by atoms with Gasteiger partial charge in [0.2, 0.25) is 0 Å². The van der Waals surface area contributed by atoms with Gasteiger partial charge in [-0.05, 0) is 65.9 Å². The van der Waals surface area contributed by atoms with Crippen LogP contribution in [-0.4, -0.2) is 23.0 Å². The fourth-order valence-corrected chi connectivity index (χ4v) is 4.07. The number of benzene rings is 3. The molecule has 8 heteroatoms. The number of aliphatic hydroxyl groups is 1. The standard InChI is InChI=1S/C25H25N3O5/c1-4-25(30,5-2)17-8-10-19-21(14-17)27-24(29)18-9-6-15(12-20(18)26-19)16-7-11-22(28(31)32)23(13-16)33-3/h6-14,26,30H,4-5H2,1-3H3,(H,27,29). The van der Waals surface area contributed by atoms with Crippen LogP contribution in [0.1, 0.15) is 42.6 Å². The lowest BCUT2D eigenvalue weighted by atomic mass is 9.88. The summed E-state index contributed by atoms with van der Waals surface area (Å²) >= 11 is 0. The van der Waals surface area contributed by atoms with Crippen molar-refractivity contribution in [3.8, 4) is 16.9 Å². The lowest BCUT2D eigenvalue weighted by molar-refractivity contribution is -0.385. The highest BCUT2D eigenvalue weighted by Crippen LogP contribution is 2.39. The molecule has 1 heterocycles. The highest BCUT2D eigenvalue weighted by molar-refractivity contribution is 6.12. The Bertz CT molecular complexity index is 1250. The van der Waals surface area contributed by atoms with E-state index in [2.05, 4.69) is 10.6 Å². The molecule has 0 saturated carbocycles. The van der Waals surface area contributed by atoms with Crippen LogP contribution in [0.25, 0.3) is 11.1 Å². The zero-order chi connectivity index (χ0) is 23.8. The topological polar surface area (TPSA) is 114 Å². The number of nitrogens with one attached hydrogen (secondary N) is 2. The minimum Gasteiger partial charge on any atom is -0.490 e. The zero-order valence-corrected chi connectivity index (χ0v) is 18.6. The van der Waals surface area contributed by atoms with Crippen molar-refractivity contribution in [2.45, 2.75) is 32.3 Å². The second-order valence-corrected chi connectivity index (χ2v) is 7.98. The number of amides is 1. The fourth-order valence-electron chi connectivity index (χ4n) is 4.07. The smallest absolute Gasteiger partial charge is 0.310 e. The molecule has 1 aliphatic rings. The van der Waals surface area contributed by atoms with Gasteiger partial charge < -0.3 is 20.5 Å². The Morgan fingerprint density at radius 2 is 1.64 bits per heavy atom. The molecule has 3 aromatic carbocycles. The van der Waals surface area contributed by atoms with Gasteiger partial charge in [0.25, 0.3) is 5.91 Å². The van der Waals surface area contributed by atoms with Crippen LogP contribution in [0.15, 0.2) is 54.6 Å². The molecule has 0 radical (unpaired) electrons. The third-order valence-corrected chi connectivity index (χ3v) is 6.22. The van der Waals surface area contributed by atoms with Crippen molar-refractivity contribution in [2.24, 2.45) is 0 Å². The molecule has 0 fully saturated rings. The van der Waals surface area contributed by atoms with Gasteiger partial charge in [0.05, 0.1) is 40.3 Å². The lowest BCUT2D eigenvalue weighted by Crippen LogP contribution is -2.23. The maximum Gasteiger partial charge on any atom is 0.310 e. The van der Waals surface area contributed by atoms with Crippen LogP contribution in [0.3, 0.4) is 0 Å². The number of carbonyl (C=O) groups excluding carboxylic acids is 1. The molecular weight excluding hydrogens is 422 g/mol. The Hall–Kier alpha value is -3.91. The van der Waals surface area contributed by atoms with Gasteiger partial charge in [-0.3, -0.25) is 14.9 Å². The molecule has 3 N–H and O–H groups in total. The van der Waals surface area contributed by atoms with E-state index in [1.165, 1.54) is 13.2 Å². The average molecular weight is 447 g/mol. The molecule has 0 atom stereocenters. The monoisotopic (exact) mass is 447 g/mol. The van der Waals surface area contributed by atoms with E-state index in [4.69, 9.17) is 4.74 Å². The molecule has 33 heavy (non-hydrogen) atoms. The van der Waals surface area contributed by atoms with E-state index in [9.17, 15) is 20.0 Å². The largest absolute Gasteiger partial charge is 0.490 e. The summed E-state index contributed by atoms with van der Waals surface area (Å²) in [5.74, 6) is -0.104. The molecule has 0 unspecified atom stereocenters. The number of anilines is 3. The Kier molecular flexibility index (Phi) is 5.78. The number of fused-ring (bicyclic) bond motifs is 2. The Balaban J connectivity index is 1.74. The van der Waals surface area contributed by atoms with Crippen molar-refractivity contribution in [1.82, 2.24) is 0 Å². The SMILES string of the molecule is CCC(O)(CC)c1ccc2c(c1)NC(=O)c1ccc(-c3ccc([N+](=O)[O-])c(OC)c3)cc1N2. The van der Waals surface area contributed by atoms with Gasteiger partial charge in [-0.25, -0.2) is 0 Å². The number of nitro benzene ring substituents is 1. The first-order valence-corrected chi connectivity index (χ1v) is 10.7. The Morgan fingerprint density at radius 1 is 0.939 bits per heavy atom. The van der Waals surface area contributed by atoms with Crippen LogP contribution in [-0.2, 0) is 5.60 Å². The van der Waals surface area contributed by atoms with Gasteiger partial charge in [0.15, 0.2) is 5.75 Å². The number of nitrogens with zero attached hydrogens (tertiary/aromatic N) is 1. The molecule has 170 valence electrons. The number of hydrogen-bond donors (Lipinski definition) is 3. The third-order valence-electron chi connectivity index (χ3n) is 6.22. The van der Waals surface area contributed by atoms with E-state index in [-0.39, 0.29) is 17.3 Å². The normalized spacial score (nSPS) is 12.7. The van der Waals surface area contributed by atoms with Crippen molar-refractivity contribution in [3.63, 3.8) is 0 Å². The van der Waals surface area contributed by atoms with Crippen LogP contribution in [0.4, 0.5) is 22.7 Å². The van der Waals surface area contributed by atoms with Gasteiger partial charge in [-0.15, -0.1) is 0 Å². The maximum absolute atomic E-state index is 12.9. The van der Waals surface area contributed by atoms with Crippen molar-refractivity contribution in [2.75, 3.05) is 17.7 Å². The highest BCUT2D eigenvalue weighted by atomic mass is 16.6. The number of nitro groups is 1. The molecule has 8 nitrogen and oxygen atoms in total. The summed E-state index contributed by atoms with van der Waals surface area (Å²) in [5, 5.41) is 28.3. The minimum atomic E-state index is -0.957. The maximum atomic E-state index is 12.9. The first kappa shape index (κ1) is 22.3.